The van der Waals surface area contributed by atoms with Gasteiger partial charge in [0.15, 0.2) is 5.16 Å². The van der Waals surface area contributed by atoms with Crippen LogP contribution in [0, 0.1) is 13.8 Å². The van der Waals surface area contributed by atoms with Crippen LogP contribution in [0.15, 0.2) is 71.9 Å². The maximum Gasteiger partial charge on any atom is 0.242 e. The first-order chi connectivity index (χ1) is 14.5. The predicted octanol–water partition coefficient (Wildman–Crippen LogP) is 5.66. The highest BCUT2D eigenvalue weighted by Gasteiger charge is 2.24. The Balaban J connectivity index is 1.64. The van der Waals surface area contributed by atoms with Gasteiger partial charge in [0.05, 0.1) is 18.1 Å². The second-order valence-corrected chi connectivity index (χ2v) is 8.29. The first kappa shape index (κ1) is 20.0. The fourth-order valence-corrected chi connectivity index (χ4v) is 4.42. The molecule has 2 N–H and O–H groups in total. The van der Waals surface area contributed by atoms with E-state index in [-0.39, 0.29) is 5.91 Å². The fourth-order valence-electron chi connectivity index (χ4n) is 3.42. The van der Waals surface area contributed by atoms with Crippen molar-refractivity contribution in [3.8, 4) is 5.75 Å². The number of imidazole rings is 1. The van der Waals surface area contributed by atoms with Crippen LogP contribution in [0.1, 0.15) is 21.9 Å². The molecule has 1 heterocycles. The Morgan fingerprint density at radius 3 is 2.47 bits per heavy atom. The Labute approximate surface area is 179 Å². The van der Waals surface area contributed by atoms with E-state index >= 15 is 0 Å². The lowest BCUT2D eigenvalue weighted by Gasteiger charge is -2.16. The van der Waals surface area contributed by atoms with Crippen molar-refractivity contribution in [2.24, 2.45) is 0 Å². The molecule has 0 saturated carbocycles. The molecule has 4 aromatic rings. The highest BCUT2D eigenvalue weighted by atomic mass is 32.2. The molecule has 30 heavy (non-hydrogen) atoms. The summed E-state index contributed by atoms with van der Waals surface area (Å²) in [6, 6.07) is 21.5. The summed E-state index contributed by atoms with van der Waals surface area (Å²) in [6.45, 7) is 4.05. The van der Waals surface area contributed by atoms with Crippen LogP contribution in [-0.2, 0) is 4.79 Å². The molecular weight excluding hydrogens is 394 g/mol. The number of carbonyl (C=O) groups is 1. The first-order valence-electron chi connectivity index (χ1n) is 9.66. The smallest absolute Gasteiger partial charge is 0.242 e. The fraction of sp³-hybridized carbons (Fsp3) is 0.167. The monoisotopic (exact) mass is 417 g/mol. The highest BCUT2D eigenvalue weighted by Crippen LogP contribution is 2.36. The third-order valence-electron chi connectivity index (χ3n) is 4.73. The molecule has 3 aromatic carbocycles. The summed E-state index contributed by atoms with van der Waals surface area (Å²) in [5, 5.41) is 3.31. The van der Waals surface area contributed by atoms with Crippen molar-refractivity contribution in [2.75, 3.05) is 12.4 Å². The minimum absolute atomic E-state index is 0.0887. The van der Waals surface area contributed by atoms with Crippen LogP contribution in [0.25, 0.3) is 11.0 Å². The van der Waals surface area contributed by atoms with Gasteiger partial charge in [0.1, 0.15) is 11.0 Å². The van der Waals surface area contributed by atoms with Gasteiger partial charge in [0.2, 0.25) is 5.91 Å². The molecule has 152 valence electrons. The number of ether oxygens (including phenoxy) is 1. The molecule has 1 atom stereocenters. The average molecular weight is 418 g/mol. The zero-order valence-electron chi connectivity index (χ0n) is 17.1. The highest BCUT2D eigenvalue weighted by molar-refractivity contribution is 8.00. The molecule has 1 aromatic heterocycles. The normalized spacial score (nSPS) is 12.0. The molecule has 1 amide bonds. The molecule has 0 fully saturated rings. The van der Waals surface area contributed by atoms with E-state index in [1.54, 1.807) is 7.11 Å². The van der Waals surface area contributed by atoms with Crippen LogP contribution in [0.3, 0.4) is 0 Å². The number of benzene rings is 3. The van der Waals surface area contributed by atoms with Crippen molar-refractivity contribution < 1.29 is 9.53 Å². The third-order valence-corrected chi connectivity index (χ3v) is 5.87. The van der Waals surface area contributed by atoms with Crippen LogP contribution >= 0.6 is 11.8 Å². The van der Waals surface area contributed by atoms with Crippen LogP contribution < -0.4 is 10.1 Å². The molecule has 0 aliphatic rings. The summed E-state index contributed by atoms with van der Waals surface area (Å²) in [6.07, 6.45) is 0. The zero-order chi connectivity index (χ0) is 21.1. The average Bonchev–Trinajstić information content (AvgIpc) is 3.13. The largest absolute Gasteiger partial charge is 0.497 e. The predicted molar refractivity (Wildman–Crippen MR) is 122 cm³/mol. The number of fused-ring (bicyclic) bond motifs is 1. The van der Waals surface area contributed by atoms with Crippen molar-refractivity contribution in [3.63, 3.8) is 0 Å². The van der Waals surface area contributed by atoms with Crippen molar-refractivity contribution >= 4 is 34.4 Å². The lowest BCUT2D eigenvalue weighted by Crippen LogP contribution is -2.19. The number of H-pyrrole nitrogens is 1. The molecule has 0 radical (unpaired) electrons. The van der Waals surface area contributed by atoms with Gasteiger partial charge in [-0.05, 0) is 54.8 Å². The summed E-state index contributed by atoms with van der Waals surface area (Å²) in [5.41, 5.74) is 5.65. The number of nitrogens with zero attached hydrogens (tertiary/aromatic N) is 1. The van der Waals surface area contributed by atoms with Crippen LogP contribution in [0.5, 0.6) is 5.75 Å². The lowest BCUT2D eigenvalue weighted by molar-refractivity contribution is -0.115. The third kappa shape index (κ3) is 4.49. The van der Waals surface area contributed by atoms with Gasteiger partial charge in [-0.2, -0.15) is 0 Å². The SMILES string of the molecule is COc1ccc2nc(SC(C(=O)Nc3cc(C)cc(C)c3)c3ccccc3)[nH]c2c1. The van der Waals surface area contributed by atoms with E-state index < -0.39 is 5.25 Å². The second kappa shape index (κ2) is 8.63. The molecule has 5 nitrogen and oxygen atoms in total. The molecule has 0 aliphatic heterocycles. The maximum atomic E-state index is 13.3. The molecular formula is C24H23N3O2S. The minimum Gasteiger partial charge on any atom is -0.497 e. The number of hydrogen-bond acceptors (Lipinski definition) is 4. The number of aryl methyl sites for hydroxylation is 2. The summed E-state index contributed by atoms with van der Waals surface area (Å²) >= 11 is 1.40. The first-order valence-corrected chi connectivity index (χ1v) is 10.5. The summed E-state index contributed by atoms with van der Waals surface area (Å²) in [7, 11) is 1.63. The number of thioether (sulfide) groups is 1. The van der Waals surface area contributed by atoms with Crippen molar-refractivity contribution in [1.29, 1.82) is 0 Å². The van der Waals surface area contributed by atoms with E-state index in [1.807, 2.05) is 74.5 Å². The molecule has 6 heteroatoms. The minimum atomic E-state index is -0.450. The van der Waals surface area contributed by atoms with Crippen molar-refractivity contribution in [3.05, 3.63) is 83.4 Å². The van der Waals surface area contributed by atoms with Gasteiger partial charge in [0.25, 0.3) is 0 Å². The zero-order valence-corrected chi connectivity index (χ0v) is 17.9. The van der Waals surface area contributed by atoms with E-state index in [9.17, 15) is 4.79 Å². The van der Waals surface area contributed by atoms with Gasteiger partial charge in [-0.15, -0.1) is 0 Å². The number of aromatic amines is 1. The Morgan fingerprint density at radius 2 is 1.77 bits per heavy atom. The van der Waals surface area contributed by atoms with E-state index in [0.29, 0.717) is 5.16 Å². The van der Waals surface area contributed by atoms with Gasteiger partial charge in [-0.3, -0.25) is 4.79 Å². The summed E-state index contributed by atoms with van der Waals surface area (Å²) in [4.78, 5) is 21.2. The number of methoxy groups -OCH3 is 1. The molecule has 4 rings (SSSR count). The Hall–Kier alpha value is -3.25. The molecule has 0 bridgehead atoms. The molecule has 0 saturated heterocycles. The van der Waals surface area contributed by atoms with E-state index in [0.717, 1.165) is 39.2 Å². The van der Waals surface area contributed by atoms with E-state index in [4.69, 9.17) is 4.74 Å². The number of carbonyl (C=O) groups excluding carboxylic acids is 1. The van der Waals surface area contributed by atoms with Gasteiger partial charge in [-0.1, -0.05) is 48.2 Å². The van der Waals surface area contributed by atoms with Crippen LogP contribution in [0.2, 0.25) is 0 Å². The Bertz CT molecular complexity index is 1170. The number of aromatic nitrogens is 2. The Kier molecular flexibility index (Phi) is 5.77. The molecule has 1 unspecified atom stereocenters. The topological polar surface area (TPSA) is 67.0 Å². The summed E-state index contributed by atoms with van der Waals surface area (Å²) in [5.74, 6) is 0.670. The number of anilines is 1. The Morgan fingerprint density at radius 1 is 1.03 bits per heavy atom. The van der Waals surface area contributed by atoms with Gasteiger partial charge < -0.3 is 15.0 Å². The maximum absolute atomic E-state index is 13.3. The van der Waals surface area contributed by atoms with Gasteiger partial charge in [0, 0.05) is 11.8 Å². The number of hydrogen-bond donors (Lipinski definition) is 2. The van der Waals surface area contributed by atoms with E-state index in [1.165, 1.54) is 11.8 Å². The number of nitrogens with one attached hydrogen (secondary N) is 2. The van der Waals surface area contributed by atoms with Crippen LogP contribution in [0.4, 0.5) is 5.69 Å². The van der Waals surface area contributed by atoms with Crippen molar-refractivity contribution in [1.82, 2.24) is 9.97 Å². The van der Waals surface area contributed by atoms with Gasteiger partial charge >= 0.3 is 0 Å². The molecule has 0 spiro atoms. The molecule has 0 aliphatic carbocycles. The van der Waals surface area contributed by atoms with Crippen LogP contribution in [-0.4, -0.2) is 23.0 Å². The number of rotatable bonds is 6. The second-order valence-electron chi connectivity index (χ2n) is 7.20. The number of amides is 1. The van der Waals surface area contributed by atoms with Gasteiger partial charge in [-0.25, -0.2) is 4.98 Å². The standard InChI is InChI=1S/C24H23N3O2S/c1-15-11-16(2)13-18(12-15)25-23(28)22(17-7-5-4-6-8-17)30-24-26-20-10-9-19(29-3)14-21(20)27-24/h4-14,22H,1-3H3,(H,25,28)(H,26,27). The summed E-state index contributed by atoms with van der Waals surface area (Å²) < 4.78 is 5.29. The lowest BCUT2D eigenvalue weighted by atomic mass is 10.1. The van der Waals surface area contributed by atoms with Crippen molar-refractivity contribution in [2.45, 2.75) is 24.3 Å². The van der Waals surface area contributed by atoms with E-state index in [2.05, 4.69) is 21.4 Å². The quantitative estimate of drug-likeness (QED) is 0.397.